The maximum absolute atomic E-state index is 7.00. The van der Waals surface area contributed by atoms with Gasteiger partial charge in [-0.3, -0.25) is 0 Å². The van der Waals surface area contributed by atoms with Crippen molar-refractivity contribution in [3.05, 3.63) is 71.8 Å². The second-order valence-corrected chi connectivity index (χ2v) is 6.00. The first-order chi connectivity index (χ1) is 11.0. The van der Waals surface area contributed by atoms with Crippen molar-refractivity contribution in [1.29, 1.82) is 0 Å². The smallest absolute Gasteiger partial charge is 0.0319 e. The summed E-state index contributed by atoms with van der Waals surface area (Å²) in [5, 5.41) is 7.00. The highest BCUT2D eigenvalue weighted by Gasteiger charge is 2.16. The van der Waals surface area contributed by atoms with E-state index in [-0.39, 0.29) is 5.41 Å². The van der Waals surface area contributed by atoms with Crippen molar-refractivity contribution in [3.8, 4) is 0 Å². The van der Waals surface area contributed by atoms with Gasteiger partial charge in [0, 0.05) is 19.1 Å². The van der Waals surface area contributed by atoms with Crippen molar-refractivity contribution < 1.29 is 5.11 Å². The molecule has 3 heteroatoms. The second kappa shape index (κ2) is 11.8. The molecule has 23 heavy (non-hydrogen) atoms. The average molecular weight is 316 g/mol. The third kappa shape index (κ3) is 7.93. The summed E-state index contributed by atoms with van der Waals surface area (Å²) in [4.78, 5) is 0. The Kier molecular flexibility index (Phi) is 11.0. The van der Waals surface area contributed by atoms with Gasteiger partial charge in [-0.25, -0.2) is 0 Å². The number of nitrogens with two attached hydrogens (primary N) is 2. The molecule has 2 rings (SSSR count). The predicted molar refractivity (Wildman–Crippen MR) is 101 cm³/mol. The average Bonchev–Trinajstić information content (AvgIpc) is 2.64. The van der Waals surface area contributed by atoms with Gasteiger partial charge < -0.3 is 16.6 Å². The van der Waals surface area contributed by atoms with Crippen LogP contribution in [-0.4, -0.2) is 25.3 Å². The predicted octanol–water partition coefficient (Wildman–Crippen LogP) is 3.28. The molecule has 0 aliphatic carbocycles. The molecule has 1 atom stereocenters. The molecule has 0 saturated carbocycles. The summed E-state index contributed by atoms with van der Waals surface area (Å²) in [6.07, 6.45) is 0. The summed E-state index contributed by atoms with van der Waals surface area (Å²) < 4.78 is 0. The zero-order valence-electron chi connectivity index (χ0n) is 14.9. The van der Waals surface area contributed by atoms with Crippen molar-refractivity contribution in [2.45, 2.75) is 32.1 Å². The molecule has 0 aromatic heterocycles. The lowest BCUT2D eigenvalue weighted by Crippen LogP contribution is -2.27. The summed E-state index contributed by atoms with van der Waals surface area (Å²) in [6, 6.07) is 20.7. The maximum Gasteiger partial charge on any atom is 0.0319 e. The van der Waals surface area contributed by atoms with Crippen molar-refractivity contribution in [2.24, 2.45) is 11.5 Å². The topological polar surface area (TPSA) is 72.3 Å². The van der Waals surface area contributed by atoms with Crippen LogP contribution >= 0.6 is 0 Å². The fourth-order valence-corrected chi connectivity index (χ4v) is 1.92. The highest BCUT2D eigenvalue weighted by molar-refractivity contribution is 5.23. The third-order valence-electron chi connectivity index (χ3n) is 3.79. The third-order valence-corrected chi connectivity index (χ3v) is 3.79. The summed E-state index contributed by atoms with van der Waals surface area (Å²) in [5.41, 5.74) is 13.9. The number of aliphatic hydroxyl groups is 1. The van der Waals surface area contributed by atoms with Crippen molar-refractivity contribution in [3.63, 3.8) is 0 Å². The summed E-state index contributed by atoms with van der Waals surface area (Å²) in [5.74, 6) is 0.487. The van der Waals surface area contributed by atoms with Crippen LogP contribution in [-0.2, 0) is 5.41 Å². The molecule has 1 unspecified atom stereocenters. The molecule has 128 valence electrons. The monoisotopic (exact) mass is 316 g/mol. The van der Waals surface area contributed by atoms with Gasteiger partial charge in [-0.1, -0.05) is 81.4 Å². The van der Waals surface area contributed by atoms with Crippen LogP contribution in [0.2, 0.25) is 0 Å². The number of rotatable bonds is 4. The molecule has 0 heterocycles. The first-order valence-electron chi connectivity index (χ1n) is 7.96. The molecule has 5 N–H and O–H groups in total. The van der Waals surface area contributed by atoms with E-state index in [0.29, 0.717) is 12.5 Å². The quantitative estimate of drug-likeness (QED) is 0.810. The molecule has 3 nitrogen and oxygen atoms in total. The van der Waals surface area contributed by atoms with E-state index in [1.165, 1.54) is 11.1 Å². The highest BCUT2D eigenvalue weighted by atomic mass is 16.2. The van der Waals surface area contributed by atoms with E-state index in [9.17, 15) is 0 Å². The molecular weight excluding hydrogens is 284 g/mol. The fraction of sp³-hybridized carbons (Fsp3) is 0.400. The molecule has 0 aliphatic heterocycles. The van der Waals surface area contributed by atoms with Gasteiger partial charge in [-0.2, -0.15) is 0 Å². The van der Waals surface area contributed by atoms with Crippen molar-refractivity contribution in [1.82, 2.24) is 0 Å². The summed E-state index contributed by atoms with van der Waals surface area (Å²) in [7, 11) is 1.00. The van der Waals surface area contributed by atoms with Crippen LogP contribution < -0.4 is 11.5 Å². The van der Waals surface area contributed by atoms with Crippen molar-refractivity contribution >= 4 is 0 Å². The first kappa shape index (κ1) is 21.3. The van der Waals surface area contributed by atoms with Crippen LogP contribution in [0, 0.1) is 0 Å². The molecule has 0 radical (unpaired) electrons. The highest BCUT2D eigenvalue weighted by Crippen LogP contribution is 2.20. The van der Waals surface area contributed by atoms with Gasteiger partial charge in [0.25, 0.3) is 0 Å². The van der Waals surface area contributed by atoms with Gasteiger partial charge in [0.05, 0.1) is 0 Å². The standard InChI is InChI=1S/C10H15N.C9H13N.CH4O/c1-10(2,8-11)9-6-4-3-5-7-9;1-8(7-10)9-5-3-2-4-6-9;1-2/h3-7H,8,11H2,1-2H3;2-6,8H,7,10H2,1H3;2H,1H3. The van der Waals surface area contributed by atoms with Crippen LogP contribution in [0.1, 0.15) is 37.8 Å². The minimum atomic E-state index is 0.112. The Bertz CT molecular complexity index is 498. The van der Waals surface area contributed by atoms with Crippen LogP contribution in [0.4, 0.5) is 0 Å². The van der Waals surface area contributed by atoms with Gasteiger partial charge in [0.2, 0.25) is 0 Å². The van der Waals surface area contributed by atoms with E-state index in [1.54, 1.807) is 0 Å². The molecule has 2 aromatic rings. The zero-order valence-corrected chi connectivity index (χ0v) is 14.9. The lowest BCUT2D eigenvalue weighted by Gasteiger charge is -2.22. The zero-order chi connectivity index (χ0) is 17.7. The fourth-order valence-electron chi connectivity index (χ4n) is 1.92. The van der Waals surface area contributed by atoms with Crippen LogP contribution in [0.25, 0.3) is 0 Å². The van der Waals surface area contributed by atoms with Crippen molar-refractivity contribution in [2.75, 3.05) is 20.2 Å². The molecular formula is C20H32N2O. The first-order valence-corrected chi connectivity index (χ1v) is 7.96. The number of benzene rings is 2. The van der Waals surface area contributed by atoms with Crippen LogP contribution in [0.3, 0.4) is 0 Å². The van der Waals surface area contributed by atoms with E-state index < -0.39 is 0 Å². The lowest BCUT2D eigenvalue weighted by atomic mass is 9.85. The van der Waals surface area contributed by atoms with Gasteiger partial charge in [-0.15, -0.1) is 0 Å². The molecule has 2 aromatic carbocycles. The minimum Gasteiger partial charge on any atom is -0.400 e. The number of aliphatic hydroxyl groups excluding tert-OH is 1. The molecule has 0 aliphatic rings. The van der Waals surface area contributed by atoms with Gasteiger partial charge >= 0.3 is 0 Å². The SMILES string of the molecule is CC(C)(CN)c1ccccc1.CC(CN)c1ccccc1.CO. The Hall–Kier alpha value is -1.68. The van der Waals surface area contributed by atoms with Crippen LogP contribution in [0.5, 0.6) is 0 Å². The Morgan fingerprint density at radius 1 is 0.870 bits per heavy atom. The Morgan fingerprint density at radius 2 is 1.30 bits per heavy atom. The Labute approximate surface area is 141 Å². The van der Waals surface area contributed by atoms with Gasteiger partial charge in [-0.05, 0) is 23.6 Å². The Balaban J connectivity index is 0.000000381. The largest absolute Gasteiger partial charge is 0.400 e. The second-order valence-electron chi connectivity index (χ2n) is 6.00. The summed E-state index contributed by atoms with van der Waals surface area (Å²) in [6.45, 7) is 7.86. The Morgan fingerprint density at radius 3 is 1.70 bits per heavy atom. The van der Waals surface area contributed by atoms with E-state index in [4.69, 9.17) is 16.6 Å². The lowest BCUT2D eigenvalue weighted by molar-refractivity contribution is 0.399. The van der Waals surface area contributed by atoms with Crippen LogP contribution in [0.15, 0.2) is 60.7 Å². The summed E-state index contributed by atoms with van der Waals surface area (Å²) >= 11 is 0. The van der Waals surface area contributed by atoms with Gasteiger partial charge in [0.1, 0.15) is 0 Å². The molecule has 0 saturated heterocycles. The maximum atomic E-state index is 7.00. The number of hydrogen-bond acceptors (Lipinski definition) is 3. The minimum absolute atomic E-state index is 0.112. The number of hydrogen-bond donors (Lipinski definition) is 3. The molecule has 0 bridgehead atoms. The van der Waals surface area contributed by atoms with E-state index >= 15 is 0 Å². The molecule has 0 spiro atoms. The van der Waals surface area contributed by atoms with E-state index in [2.05, 4.69) is 45.0 Å². The van der Waals surface area contributed by atoms with Gasteiger partial charge in [0.15, 0.2) is 0 Å². The molecule has 0 fully saturated rings. The van der Waals surface area contributed by atoms with E-state index in [1.807, 2.05) is 36.4 Å². The van der Waals surface area contributed by atoms with E-state index in [0.717, 1.165) is 13.7 Å². The normalized spacial score (nSPS) is 11.4. The molecule has 0 amide bonds.